The zero-order valence-electron chi connectivity index (χ0n) is 11.2. The summed E-state index contributed by atoms with van der Waals surface area (Å²) in [5.41, 5.74) is 0.735. The molecule has 0 saturated carbocycles. The highest BCUT2D eigenvalue weighted by molar-refractivity contribution is 6.30. The number of carbonyl (C=O) groups is 1. The molecule has 0 saturated heterocycles. The molecule has 1 rings (SSSR count). The molecule has 0 amide bonds. The molecule has 1 unspecified atom stereocenters. The fraction of sp³-hybridized carbons (Fsp3) is 0.500. The summed E-state index contributed by atoms with van der Waals surface area (Å²) in [5.74, 6) is -0.354. The Hall–Kier alpha value is -1.26. The van der Waals surface area contributed by atoms with E-state index < -0.39 is 12.1 Å². The number of carboxylic acid groups (broad SMARTS) is 1. The van der Waals surface area contributed by atoms with Gasteiger partial charge in [0.05, 0.1) is 7.11 Å². The van der Waals surface area contributed by atoms with Crippen LogP contribution in [0.3, 0.4) is 0 Å². The van der Waals surface area contributed by atoms with E-state index in [9.17, 15) is 4.79 Å². The Morgan fingerprint density at radius 3 is 2.79 bits per heavy atom. The van der Waals surface area contributed by atoms with Crippen LogP contribution in [-0.4, -0.2) is 30.9 Å². The standard InChI is InChI=1S/C14H19ClO4/c1-3-4-7-19-13(14(16)17)9-10-8-11(15)5-6-12(10)18-2/h5-6,8,13H,3-4,7,9H2,1-2H3,(H,16,17). The zero-order chi connectivity index (χ0) is 14.3. The smallest absolute Gasteiger partial charge is 0.333 e. The van der Waals surface area contributed by atoms with Gasteiger partial charge in [-0.1, -0.05) is 24.9 Å². The van der Waals surface area contributed by atoms with Crippen LogP contribution >= 0.6 is 11.6 Å². The van der Waals surface area contributed by atoms with E-state index in [4.69, 9.17) is 26.2 Å². The molecule has 1 aromatic carbocycles. The Balaban J connectivity index is 2.77. The van der Waals surface area contributed by atoms with Gasteiger partial charge in [0, 0.05) is 18.1 Å². The van der Waals surface area contributed by atoms with Crippen LogP contribution in [0.5, 0.6) is 5.75 Å². The fourth-order valence-electron chi connectivity index (χ4n) is 1.69. The number of aliphatic carboxylic acids is 1. The number of unbranched alkanes of at least 4 members (excludes halogenated alkanes) is 1. The lowest BCUT2D eigenvalue weighted by molar-refractivity contribution is -0.150. The molecule has 1 aromatic rings. The highest BCUT2D eigenvalue weighted by Crippen LogP contribution is 2.24. The molecule has 1 atom stereocenters. The van der Waals surface area contributed by atoms with Crippen LogP contribution in [0, 0.1) is 0 Å². The lowest BCUT2D eigenvalue weighted by atomic mass is 10.1. The van der Waals surface area contributed by atoms with Gasteiger partial charge in [0.1, 0.15) is 5.75 Å². The van der Waals surface area contributed by atoms with Crippen molar-refractivity contribution in [3.63, 3.8) is 0 Å². The third-order valence-corrected chi connectivity index (χ3v) is 2.98. The molecule has 0 heterocycles. The summed E-state index contributed by atoms with van der Waals surface area (Å²) in [6.07, 6.45) is 1.17. The van der Waals surface area contributed by atoms with E-state index in [0.717, 1.165) is 18.4 Å². The van der Waals surface area contributed by atoms with Gasteiger partial charge in [0.15, 0.2) is 6.10 Å². The average Bonchev–Trinajstić information content (AvgIpc) is 2.38. The molecule has 19 heavy (non-hydrogen) atoms. The Morgan fingerprint density at radius 1 is 1.47 bits per heavy atom. The van der Waals surface area contributed by atoms with Gasteiger partial charge >= 0.3 is 5.97 Å². The second-order valence-corrected chi connectivity index (χ2v) is 4.65. The van der Waals surface area contributed by atoms with Gasteiger partial charge in [-0.05, 0) is 30.2 Å². The topological polar surface area (TPSA) is 55.8 Å². The number of rotatable bonds is 8. The fourth-order valence-corrected chi connectivity index (χ4v) is 1.89. The van der Waals surface area contributed by atoms with Crippen molar-refractivity contribution in [2.75, 3.05) is 13.7 Å². The molecule has 0 aliphatic heterocycles. The monoisotopic (exact) mass is 286 g/mol. The molecular weight excluding hydrogens is 268 g/mol. The molecule has 0 fully saturated rings. The molecule has 5 heteroatoms. The highest BCUT2D eigenvalue weighted by atomic mass is 35.5. The lowest BCUT2D eigenvalue weighted by Crippen LogP contribution is -2.27. The van der Waals surface area contributed by atoms with Crippen LogP contribution in [0.2, 0.25) is 5.02 Å². The first-order chi connectivity index (χ1) is 9.08. The number of hydrogen-bond donors (Lipinski definition) is 1. The minimum absolute atomic E-state index is 0.239. The van der Waals surface area contributed by atoms with E-state index in [0.29, 0.717) is 17.4 Å². The molecule has 0 radical (unpaired) electrons. The third-order valence-electron chi connectivity index (χ3n) is 2.74. The summed E-state index contributed by atoms with van der Waals surface area (Å²) in [5, 5.41) is 9.72. The maximum Gasteiger partial charge on any atom is 0.333 e. The quantitative estimate of drug-likeness (QED) is 0.746. The molecule has 1 N–H and O–H groups in total. The van der Waals surface area contributed by atoms with Gasteiger partial charge in [-0.15, -0.1) is 0 Å². The highest BCUT2D eigenvalue weighted by Gasteiger charge is 2.20. The summed E-state index contributed by atoms with van der Waals surface area (Å²) in [6, 6.07) is 5.14. The normalized spacial score (nSPS) is 12.2. The van der Waals surface area contributed by atoms with E-state index in [1.807, 2.05) is 6.92 Å². The molecular formula is C14H19ClO4. The van der Waals surface area contributed by atoms with Crippen LogP contribution in [0.25, 0.3) is 0 Å². The maximum absolute atomic E-state index is 11.2. The van der Waals surface area contributed by atoms with E-state index in [1.54, 1.807) is 25.3 Å². The zero-order valence-corrected chi connectivity index (χ0v) is 11.9. The molecule has 0 spiro atoms. The minimum atomic E-state index is -0.974. The number of hydrogen-bond acceptors (Lipinski definition) is 3. The van der Waals surface area contributed by atoms with E-state index in [1.165, 1.54) is 0 Å². The second-order valence-electron chi connectivity index (χ2n) is 4.21. The first kappa shape index (κ1) is 15.8. The summed E-state index contributed by atoms with van der Waals surface area (Å²) in [7, 11) is 1.54. The van der Waals surface area contributed by atoms with Gasteiger partial charge in [-0.25, -0.2) is 4.79 Å². The van der Waals surface area contributed by atoms with Crippen LogP contribution in [0.15, 0.2) is 18.2 Å². The van der Waals surface area contributed by atoms with Crippen LogP contribution in [-0.2, 0) is 16.0 Å². The summed E-state index contributed by atoms with van der Waals surface area (Å²) in [6.45, 7) is 2.47. The molecule has 0 aliphatic carbocycles. The van der Waals surface area contributed by atoms with Crippen molar-refractivity contribution in [3.05, 3.63) is 28.8 Å². The van der Waals surface area contributed by atoms with Gasteiger partial charge in [-0.2, -0.15) is 0 Å². The van der Waals surface area contributed by atoms with Crippen molar-refractivity contribution in [2.45, 2.75) is 32.3 Å². The first-order valence-electron chi connectivity index (χ1n) is 6.25. The SMILES string of the molecule is CCCCOC(Cc1cc(Cl)ccc1OC)C(=O)O. The Morgan fingerprint density at radius 2 is 2.21 bits per heavy atom. The van der Waals surface area contributed by atoms with Gasteiger partial charge in [0.25, 0.3) is 0 Å². The largest absolute Gasteiger partial charge is 0.496 e. The molecule has 0 aromatic heterocycles. The van der Waals surface area contributed by atoms with Crippen LogP contribution < -0.4 is 4.74 Å². The number of methoxy groups -OCH3 is 1. The molecule has 0 aliphatic rings. The van der Waals surface area contributed by atoms with Gasteiger partial charge in [0.2, 0.25) is 0 Å². The van der Waals surface area contributed by atoms with Gasteiger partial charge < -0.3 is 14.6 Å². The average molecular weight is 287 g/mol. The van der Waals surface area contributed by atoms with E-state index in [-0.39, 0.29) is 6.42 Å². The van der Waals surface area contributed by atoms with Crippen molar-refractivity contribution < 1.29 is 19.4 Å². The molecule has 106 valence electrons. The van der Waals surface area contributed by atoms with Crippen LogP contribution in [0.4, 0.5) is 0 Å². The molecule has 0 bridgehead atoms. The predicted octanol–water partition coefficient (Wildman–Crippen LogP) is 3.16. The Kier molecular flexibility index (Phi) is 6.67. The maximum atomic E-state index is 11.2. The predicted molar refractivity (Wildman–Crippen MR) is 74.0 cm³/mol. The van der Waals surface area contributed by atoms with Crippen molar-refractivity contribution in [2.24, 2.45) is 0 Å². The van der Waals surface area contributed by atoms with Crippen molar-refractivity contribution in [1.29, 1.82) is 0 Å². The number of carboxylic acids is 1. The third kappa shape index (κ3) is 5.09. The Labute approximate surface area is 118 Å². The summed E-state index contributed by atoms with van der Waals surface area (Å²) >= 11 is 5.92. The molecule has 4 nitrogen and oxygen atoms in total. The minimum Gasteiger partial charge on any atom is -0.496 e. The second kappa shape index (κ2) is 8.02. The lowest BCUT2D eigenvalue weighted by Gasteiger charge is -2.15. The first-order valence-corrected chi connectivity index (χ1v) is 6.63. The summed E-state index contributed by atoms with van der Waals surface area (Å²) in [4.78, 5) is 11.2. The number of ether oxygens (including phenoxy) is 2. The van der Waals surface area contributed by atoms with Crippen LogP contribution in [0.1, 0.15) is 25.3 Å². The number of halogens is 1. The van der Waals surface area contributed by atoms with Crippen molar-refractivity contribution in [3.8, 4) is 5.75 Å². The van der Waals surface area contributed by atoms with Crippen molar-refractivity contribution in [1.82, 2.24) is 0 Å². The number of benzene rings is 1. The van der Waals surface area contributed by atoms with Gasteiger partial charge in [-0.3, -0.25) is 0 Å². The Bertz CT molecular complexity index is 420. The van der Waals surface area contributed by atoms with E-state index in [2.05, 4.69) is 0 Å². The van der Waals surface area contributed by atoms with Crippen molar-refractivity contribution >= 4 is 17.6 Å². The van der Waals surface area contributed by atoms with E-state index >= 15 is 0 Å². The summed E-state index contributed by atoms with van der Waals surface area (Å²) < 4.78 is 10.6.